The van der Waals surface area contributed by atoms with E-state index in [9.17, 15) is 0 Å². The third kappa shape index (κ3) is 8.77. The molecule has 0 radical (unpaired) electrons. The fourth-order valence-electron chi connectivity index (χ4n) is 7.53. The molecule has 2 aromatic rings. The molecule has 51 heavy (non-hydrogen) atoms. The Bertz CT molecular complexity index is 1660. The van der Waals surface area contributed by atoms with E-state index in [0.717, 1.165) is 37.1 Å². The number of benzene rings is 2. The molecule has 0 atom stereocenters. The van der Waals surface area contributed by atoms with Gasteiger partial charge in [-0.05, 0) is 102 Å². The monoisotopic (exact) mass is 722 g/mol. The first kappa shape index (κ1) is 39.5. The molecule has 2 aromatic carbocycles. The summed E-state index contributed by atoms with van der Waals surface area (Å²) in [4.78, 5) is 9.20. The molecule has 0 saturated carbocycles. The van der Waals surface area contributed by atoms with Gasteiger partial charge >= 0.3 is 17.1 Å². The molecule has 6 nitrogen and oxygen atoms in total. The first-order valence-electron chi connectivity index (χ1n) is 18.1. The molecular weight excluding hydrogens is 668 g/mol. The van der Waals surface area contributed by atoms with E-state index < -0.39 is 0 Å². The Morgan fingerprint density at radius 1 is 0.510 bits per heavy atom. The van der Waals surface area contributed by atoms with Gasteiger partial charge in [-0.1, -0.05) is 99.5 Å². The van der Waals surface area contributed by atoms with Crippen LogP contribution < -0.4 is 9.80 Å². The molecule has 4 aliphatic rings. The molecule has 0 saturated heterocycles. The Labute approximate surface area is 318 Å². The van der Waals surface area contributed by atoms with Gasteiger partial charge < -0.3 is 30.2 Å². The summed E-state index contributed by atoms with van der Waals surface area (Å²) in [5.41, 5.74) is 17.8. The summed E-state index contributed by atoms with van der Waals surface area (Å²) in [5.74, 6) is 0. The molecule has 0 N–H and O–H groups in total. The van der Waals surface area contributed by atoms with Crippen LogP contribution in [0.1, 0.15) is 86.8 Å². The number of aryl methyl sites for hydroxylation is 6. The average Bonchev–Trinajstić information content (AvgIpc) is 3.61. The summed E-state index contributed by atoms with van der Waals surface area (Å²) in [5, 5.41) is 8.90. The van der Waals surface area contributed by atoms with Crippen LogP contribution >= 0.6 is 0 Å². The summed E-state index contributed by atoms with van der Waals surface area (Å²) in [6.07, 6.45) is 23.9. The van der Waals surface area contributed by atoms with Crippen LogP contribution in [-0.2, 0) is 17.1 Å². The van der Waals surface area contributed by atoms with Crippen LogP contribution in [0.25, 0.3) is 10.6 Å². The molecule has 0 bridgehead atoms. The van der Waals surface area contributed by atoms with Crippen LogP contribution in [0.5, 0.6) is 0 Å². The Morgan fingerprint density at radius 3 is 1.12 bits per heavy atom. The number of allylic oxidation sites excluding steroid dienone is 10. The predicted molar refractivity (Wildman–Crippen MR) is 213 cm³/mol. The molecule has 0 spiro atoms. The SMILES string of the molecule is CCC1=C(CC)N(c2c(C)cc(C)cc2C)[CH-]N1/C=C1/C=CC=C[N-]1.CCC1=C(CC)N(c2c(C)cc(C)cc2C)[CH-]N1/C=C1/C=CC=C[N-]1.[Fe+4]. The van der Waals surface area contributed by atoms with Crippen molar-refractivity contribution >= 4 is 11.4 Å². The van der Waals surface area contributed by atoms with E-state index >= 15 is 0 Å². The molecule has 4 aliphatic heterocycles. The normalized spacial score (nSPS) is 18.2. The zero-order valence-electron chi connectivity index (χ0n) is 32.1. The van der Waals surface area contributed by atoms with Crippen molar-refractivity contribution in [3.8, 4) is 0 Å². The molecule has 0 aromatic heterocycles. The van der Waals surface area contributed by atoms with E-state index in [2.05, 4.69) is 149 Å². The maximum atomic E-state index is 4.45. The Kier molecular flexibility index (Phi) is 13.7. The largest absolute Gasteiger partial charge is 4.00 e. The minimum Gasteiger partial charge on any atom is -0.663 e. The average molecular weight is 723 g/mol. The molecule has 6 rings (SSSR count). The number of rotatable bonds is 8. The van der Waals surface area contributed by atoms with E-state index in [1.54, 1.807) is 0 Å². The van der Waals surface area contributed by atoms with E-state index in [0.29, 0.717) is 0 Å². The van der Waals surface area contributed by atoms with Crippen LogP contribution in [0.4, 0.5) is 11.4 Å². The van der Waals surface area contributed by atoms with E-state index in [-0.39, 0.29) is 17.1 Å². The third-order valence-electron chi connectivity index (χ3n) is 9.36. The first-order valence-corrected chi connectivity index (χ1v) is 18.1. The van der Waals surface area contributed by atoms with Gasteiger partial charge in [-0.15, -0.1) is 24.7 Å². The Hall–Kier alpha value is -4.32. The van der Waals surface area contributed by atoms with Crippen molar-refractivity contribution in [2.45, 2.75) is 94.9 Å². The van der Waals surface area contributed by atoms with Crippen LogP contribution in [0.15, 0.2) is 120 Å². The van der Waals surface area contributed by atoms with Crippen molar-refractivity contribution < 1.29 is 17.1 Å². The van der Waals surface area contributed by atoms with Crippen molar-refractivity contribution in [3.63, 3.8) is 0 Å². The summed E-state index contributed by atoms with van der Waals surface area (Å²) < 4.78 is 0. The van der Waals surface area contributed by atoms with E-state index in [1.807, 2.05) is 48.9 Å². The van der Waals surface area contributed by atoms with Crippen molar-refractivity contribution in [2.75, 3.05) is 9.80 Å². The predicted octanol–water partition coefficient (Wildman–Crippen LogP) is 12.4. The second kappa shape index (κ2) is 17.7. The Morgan fingerprint density at radius 2 is 0.843 bits per heavy atom. The van der Waals surface area contributed by atoms with Gasteiger partial charge in [-0.3, -0.25) is 0 Å². The molecule has 0 fully saturated rings. The molecule has 0 aliphatic carbocycles. The number of nitrogens with zero attached hydrogens (tertiary/aromatic N) is 6. The topological polar surface area (TPSA) is 41.2 Å². The maximum Gasteiger partial charge on any atom is 4.00 e. The maximum absolute atomic E-state index is 4.45. The van der Waals surface area contributed by atoms with Crippen molar-refractivity contribution in [1.29, 1.82) is 0 Å². The molecule has 7 heteroatoms. The molecule has 4 heterocycles. The zero-order valence-corrected chi connectivity index (χ0v) is 33.2. The van der Waals surface area contributed by atoms with Crippen LogP contribution in [-0.4, -0.2) is 9.80 Å². The standard InChI is InChI=1S/2C22H27N3.Fe/c2*1-6-20-21(7-2)25(22-17(4)12-16(3)13-18(22)5)15-24(20)14-19-10-8-9-11-23-19;/h2*8-15H,6-7H2,1-5H3;/q2*-2;+4/b2*19-14-;. The van der Waals surface area contributed by atoms with Crippen LogP contribution in [0.2, 0.25) is 0 Å². The van der Waals surface area contributed by atoms with Gasteiger partial charge in [0.15, 0.2) is 0 Å². The smallest absolute Gasteiger partial charge is 0.663 e. The molecular formula is C44H54FeN6. The van der Waals surface area contributed by atoms with Gasteiger partial charge in [0.05, 0.1) is 0 Å². The van der Waals surface area contributed by atoms with Gasteiger partial charge in [-0.2, -0.15) is 12.4 Å². The number of anilines is 2. The van der Waals surface area contributed by atoms with Crippen molar-refractivity contribution in [2.24, 2.45) is 0 Å². The van der Waals surface area contributed by atoms with Gasteiger partial charge in [0.2, 0.25) is 0 Å². The van der Waals surface area contributed by atoms with Crippen molar-refractivity contribution in [1.82, 2.24) is 9.80 Å². The van der Waals surface area contributed by atoms with Gasteiger partial charge in [-0.25, -0.2) is 0 Å². The molecule has 268 valence electrons. The second-order valence-corrected chi connectivity index (χ2v) is 13.2. The summed E-state index contributed by atoms with van der Waals surface area (Å²) in [6, 6.07) is 9.06. The minimum absolute atomic E-state index is 0. The van der Waals surface area contributed by atoms with Gasteiger partial charge in [0.25, 0.3) is 0 Å². The number of hydrogen-bond donors (Lipinski definition) is 0. The fourth-order valence-corrected chi connectivity index (χ4v) is 7.53. The zero-order chi connectivity index (χ0) is 35.9. The second-order valence-electron chi connectivity index (χ2n) is 13.2. The summed E-state index contributed by atoms with van der Waals surface area (Å²) in [7, 11) is 0. The number of hydrogen-bond acceptors (Lipinski definition) is 4. The summed E-state index contributed by atoms with van der Waals surface area (Å²) >= 11 is 0. The molecule has 0 unspecified atom stereocenters. The third-order valence-corrected chi connectivity index (χ3v) is 9.36. The molecule has 0 amide bonds. The van der Waals surface area contributed by atoms with E-state index in [4.69, 9.17) is 0 Å². The van der Waals surface area contributed by atoms with Crippen molar-refractivity contribution in [3.05, 3.63) is 177 Å². The van der Waals surface area contributed by atoms with Gasteiger partial charge in [0, 0.05) is 34.2 Å². The van der Waals surface area contributed by atoms with Crippen LogP contribution in [0.3, 0.4) is 0 Å². The summed E-state index contributed by atoms with van der Waals surface area (Å²) in [6.45, 7) is 26.4. The Balaban J connectivity index is 0.000000224. The quantitative estimate of drug-likeness (QED) is 0.201. The first-order chi connectivity index (χ1) is 24.1. The minimum atomic E-state index is 0. The van der Waals surface area contributed by atoms with E-state index in [1.165, 1.54) is 67.5 Å². The van der Waals surface area contributed by atoms with Gasteiger partial charge in [0.1, 0.15) is 0 Å². The fraction of sp³-hybridized carbons (Fsp3) is 0.318. The van der Waals surface area contributed by atoms with Crippen LogP contribution in [0, 0.1) is 54.9 Å².